The largest absolute Gasteiger partial charge is 0.481 e. The lowest BCUT2D eigenvalue weighted by molar-refractivity contribution is -0.341. The summed E-state index contributed by atoms with van der Waals surface area (Å²) < 4.78 is 43.4. The van der Waals surface area contributed by atoms with Crippen LogP contribution < -0.4 is 9.47 Å². The van der Waals surface area contributed by atoms with Gasteiger partial charge in [0.15, 0.2) is 11.2 Å². The van der Waals surface area contributed by atoms with E-state index >= 15 is 0 Å². The summed E-state index contributed by atoms with van der Waals surface area (Å²) in [5.74, 6) is -7.63. The van der Waals surface area contributed by atoms with E-state index < -0.39 is 41.2 Å². The van der Waals surface area contributed by atoms with Crippen molar-refractivity contribution in [2.45, 2.75) is 29.3 Å². The molecule has 1 aromatic heterocycles. The van der Waals surface area contributed by atoms with Crippen LogP contribution in [0, 0.1) is 5.92 Å². The number of rotatable bonds is 5. The first-order valence-corrected chi connectivity index (χ1v) is 11.5. The van der Waals surface area contributed by atoms with Crippen LogP contribution in [0.5, 0.6) is 11.6 Å². The molecule has 5 rings (SSSR count). The van der Waals surface area contributed by atoms with Gasteiger partial charge in [0, 0.05) is 17.2 Å². The molecular weight excluding hydrogens is 512 g/mol. The summed E-state index contributed by atoms with van der Waals surface area (Å²) in [6.45, 7) is 0. The molecule has 2 heterocycles. The molecule has 1 fully saturated rings. The number of esters is 1. The summed E-state index contributed by atoms with van der Waals surface area (Å²) in [5, 5.41) is 36.0. The molecule has 2 aromatic carbocycles. The second-order valence-corrected chi connectivity index (χ2v) is 9.30. The molecule has 3 N–H and O–H groups in total. The van der Waals surface area contributed by atoms with Gasteiger partial charge in [-0.15, -0.1) is 0 Å². The molecule has 1 aliphatic carbocycles. The maximum Gasteiger partial charge on any atom is 0.312 e. The summed E-state index contributed by atoms with van der Waals surface area (Å²) in [6.07, 6.45) is -2.78. The summed E-state index contributed by atoms with van der Waals surface area (Å²) in [6, 6.07) is 14.2. The van der Waals surface area contributed by atoms with Crippen LogP contribution in [0.2, 0.25) is 5.15 Å². The number of aromatic nitrogens is 1. The highest BCUT2D eigenvalue weighted by Crippen LogP contribution is 2.71. The summed E-state index contributed by atoms with van der Waals surface area (Å²) in [4.78, 5) is 17.4. The van der Waals surface area contributed by atoms with Gasteiger partial charge >= 0.3 is 5.97 Å². The quantitative estimate of drug-likeness (QED) is 0.259. The Hall–Kier alpha value is -3.31. The summed E-state index contributed by atoms with van der Waals surface area (Å²) in [7, 11) is 2.32. The van der Waals surface area contributed by atoms with Gasteiger partial charge in [-0.25, -0.2) is 13.8 Å². The van der Waals surface area contributed by atoms with Crippen molar-refractivity contribution in [3.63, 3.8) is 0 Å². The van der Waals surface area contributed by atoms with Gasteiger partial charge in [-0.3, -0.25) is 4.79 Å². The molecule has 2 bridgehead atoms. The van der Waals surface area contributed by atoms with Crippen molar-refractivity contribution in [2.24, 2.45) is 5.92 Å². The van der Waals surface area contributed by atoms with Crippen molar-refractivity contribution in [1.82, 2.24) is 4.98 Å². The molecule has 0 amide bonds. The Morgan fingerprint density at radius 2 is 1.73 bits per heavy atom. The number of hydrogen-bond acceptors (Lipinski definition) is 8. The molecule has 11 heteroatoms. The van der Waals surface area contributed by atoms with Crippen molar-refractivity contribution in [3.8, 4) is 11.6 Å². The monoisotopic (exact) mass is 533 g/mol. The van der Waals surface area contributed by atoms with Crippen LogP contribution in [0.25, 0.3) is 0 Å². The molecule has 0 radical (unpaired) electrons. The number of hydrogen-bond donors (Lipinski definition) is 3. The molecule has 2 aliphatic rings. The van der Waals surface area contributed by atoms with Crippen LogP contribution in [-0.4, -0.2) is 46.3 Å². The number of carbonyl (C=O) groups is 1. The minimum atomic E-state index is -3.23. The number of pyridine rings is 1. The molecule has 4 atom stereocenters. The zero-order valence-corrected chi connectivity index (χ0v) is 20.3. The van der Waals surface area contributed by atoms with Gasteiger partial charge in [0.1, 0.15) is 16.8 Å². The molecule has 194 valence electrons. The number of benzene rings is 2. The van der Waals surface area contributed by atoms with Gasteiger partial charge in [0.2, 0.25) is 11.7 Å². The van der Waals surface area contributed by atoms with E-state index in [2.05, 4.69) is 4.98 Å². The lowest BCUT2D eigenvalue weighted by Gasteiger charge is -2.49. The highest BCUT2D eigenvalue weighted by atomic mass is 35.5. The Balaban J connectivity index is 1.93. The van der Waals surface area contributed by atoms with Crippen LogP contribution in [0.4, 0.5) is 8.78 Å². The second kappa shape index (κ2) is 8.63. The first kappa shape index (κ1) is 25.3. The minimum absolute atomic E-state index is 0.0122. The van der Waals surface area contributed by atoms with Crippen molar-refractivity contribution >= 4 is 17.6 Å². The van der Waals surface area contributed by atoms with Crippen LogP contribution in [0.1, 0.15) is 34.6 Å². The molecule has 37 heavy (non-hydrogen) atoms. The standard InChI is InChI=1S/C26H22ClF2NO7/c1-35-22-19-16(12-17(27)30-22)37-25(15-10-8-14(9-11-15)21(28)29)18(13-6-4-3-5-7-13)20(23(31)36-2)24(19,32)26(25,33)34/h3-12,18,20-21,32-34H,1-2H3/t18-,20+,24+,25+/m1/s1. The highest BCUT2D eigenvalue weighted by Gasteiger charge is 2.84. The number of carbonyl (C=O) groups excluding carboxylic acids is 1. The number of fused-ring (bicyclic) bond motifs is 4. The zero-order valence-electron chi connectivity index (χ0n) is 19.6. The molecule has 1 saturated carbocycles. The molecule has 0 unspecified atom stereocenters. The van der Waals surface area contributed by atoms with Gasteiger partial charge in [-0.05, 0) is 5.56 Å². The molecule has 3 aromatic rings. The number of ether oxygens (including phenoxy) is 3. The number of nitrogens with zero attached hydrogens (tertiary/aromatic N) is 1. The number of aliphatic hydroxyl groups is 3. The highest BCUT2D eigenvalue weighted by molar-refractivity contribution is 6.29. The Kier molecular flexibility index (Phi) is 5.91. The van der Waals surface area contributed by atoms with E-state index in [4.69, 9.17) is 25.8 Å². The summed E-state index contributed by atoms with van der Waals surface area (Å²) in [5.41, 5.74) is -5.36. The average Bonchev–Trinajstić information content (AvgIpc) is 2.97. The molecule has 0 spiro atoms. The van der Waals surface area contributed by atoms with E-state index in [9.17, 15) is 28.9 Å². The number of halogens is 3. The minimum Gasteiger partial charge on any atom is -0.481 e. The molecular formula is C26H22ClF2NO7. The van der Waals surface area contributed by atoms with E-state index in [1.54, 1.807) is 30.3 Å². The first-order valence-electron chi connectivity index (χ1n) is 11.2. The average molecular weight is 534 g/mol. The van der Waals surface area contributed by atoms with Crippen LogP contribution in [-0.2, 0) is 20.7 Å². The fourth-order valence-electron chi connectivity index (χ4n) is 5.72. The third kappa shape index (κ3) is 3.23. The molecule has 1 aliphatic heterocycles. The first-order chi connectivity index (χ1) is 17.5. The Morgan fingerprint density at radius 3 is 2.30 bits per heavy atom. The lowest BCUT2D eigenvalue weighted by Crippen LogP contribution is -2.65. The Bertz CT molecular complexity index is 1360. The van der Waals surface area contributed by atoms with Crippen LogP contribution in [0.15, 0.2) is 60.7 Å². The van der Waals surface area contributed by atoms with Gasteiger partial charge in [0.05, 0.1) is 25.7 Å². The number of alkyl halides is 2. The van der Waals surface area contributed by atoms with Crippen LogP contribution in [0.3, 0.4) is 0 Å². The van der Waals surface area contributed by atoms with E-state index in [0.29, 0.717) is 5.56 Å². The topological polar surface area (TPSA) is 118 Å². The molecule has 0 saturated heterocycles. The van der Waals surface area contributed by atoms with E-state index in [1.165, 1.54) is 25.3 Å². The van der Waals surface area contributed by atoms with E-state index in [-0.39, 0.29) is 33.5 Å². The van der Waals surface area contributed by atoms with Gasteiger partial charge in [-0.2, -0.15) is 0 Å². The van der Waals surface area contributed by atoms with Crippen molar-refractivity contribution in [2.75, 3.05) is 14.2 Å². The van der Waals surface area contributed by atoms with Gasteiger partial charge < -0.3 is 29.5 Å². The zero-order chi connectivity index (χ0) is 26.8. The predicted molar refractivity (Wildman–Crippen MR) is 125 cm³/mol. The van der Waals surface area contributed by atoms with Crippen molar-refractivity contribution < 1.29 is 43.1 Å². The maximum atomic E-state index is 13.4. The Labute approximate surface area is 215 Å². The van der Waals surface area contributed by atoms with E-state index in [0.717, 1.165) is 19.2 Å². The van der Waals surface area contributed by atoms with Gasteiger partial charge in [-0.1, -0.05) is 66.2 Å². The third-order valence-corrected chi connectivity index (χ3v) is 7.43. The fraction of sp³-hybridized carbons (Fsp3) is 0.308. The number of methoxy groups -OCH3 is 2. The second-order valence-electron chi connectivity index (χ2n) is 8.92. The SMILES string of the molecule is COC(=O)[C@@H]1[C@@H](c2ccccc2)[C@]2(c3ccc(C(F)F)cc3)Oc3cc(Cl)nc(OC)c3[C@@]1(O)C2(O)O. The fourth-order valence-corrected chi connectivity index (χ4v) is 5.89. The van der Waals surface area contributed by atoms with E-state index in [1.807, 2.05) is 0 Å². The lowest BCUT2D eigenvalue weighted by atomic mass is 9.74. The van der Waals surface area contributed by atoms with Crippen molar-refractivity contribution in [1.29, 1.82) is 0 Å². The third-order valence-electron chi connectivity index (χ3n) is 7.24. The van der Waals surface area contributed by atoms with Crippen molar-refractivity contribution in [3.05, 3.63) is 88.1 Å². The normalized spacial score (nSPS) is 27.4. The van der Waals surface area contributed by atoms with Gasteiger partial charge in [0.25, 0.3) is 6.43 Å². The summed E-state index contributed by atoms with van der Waals surface area (Å²) >= 11 is 6.17. The molecule has 8 nitrogen and oxygen atoms in total. The maximum absolute atomic E-state index is 13.4. The van der Waals surface area contributed by atoms with Crippen LogP contribution >= 0.6 is 11.6 Å². The Morgan fingerprint density at radius 1 is 1.08 bits per heavy atom. The predicted octanol–water partition coefficient (Wildman–Crippen LogP) is 3.42. The smallest absolute Gasteiger partial charge is 0.312 e.